The number of benzene rings is 2. The zero-order chi connectivity index (χ0) is 18.7. The first-order valence-corrected chi connectivity index (χ1v) is 9.95. The van der Waals surface area contributed by atoms with E-state index in [4.69, 9.17) is 0 Å². The first-order chi connectivity index (χ1) is 12.4. The van der Waals surface area contributed by atoms with Crippen molar-refractivity contribution >= 4 is 21.4 Å². The minimum absolute atomic E-state index is 0.0101. The van der Waals surface area contributed by atoms with Crippen LogP contribution in [-0.4, -0.2) is 36.8 Å². The molecule has 0 spiro atoms. The Hall–Kier alpha value is -2.45. The Morgan fingerprint density at radius 3 is 2.62 bits per heavy atom. The average molecular weight is 375 g/mol. The van der Waals surface area contributed by atoms with Crippen LogP contribution < -0.4 is 5.32 Å². The maximum absolute atomic E-state index is 13.1. The Kier molecular flexibility index (Phi) is 5.24. The number of nitro benzene ring substituents is 1. The number of hydrogen-bond acceptors (Lipinski definition) is 5. The van der Waals surface area contributed by atoms with Crippen LogP contribution in [0.1, 0.15) is 18.9 Å². The summed E-state index contributed by atoms with van der Waals surface area (Å²) in [5.41, 5.74) is 1.33. The summed E-state index contributed by atoms with van der Waals surface area (Å²) in [7, 11) is -3.77. The third-order valence-corrected chi connectivity index (χ3v) is 6.50. The van der Waals surface area contributed by atoms with E-state index in [1.54, 1.807) is 0 Å². The second-order valence-corrected chi connectivity index (χ2v) is 8.17. The molecule has 1 saturated heterocycles. The van der Waals surface area contributed by atoms with Gasteiger partial charge in [0.05, 0.1) is 9.82 Å². The fourth-order valence-corrected chi connectivity index (χ4v) is 4.98. The highest BCUT2D eigenvalue weighted by molar-refractivity contribution is 7.89. The molecule has 0 bridgehead atoms. The molecule has 0 radical (unpaired) electrons. The van der Waals surface area contributed by atoms with Crippen LogP contribution in [0.2, 0.25) is 0 Å². The monoisotopic (exact) mass is 375 g/mol. The fraction of sp³-hybridized carbons (Fsp3) is 0.333. The van der Waals surface area contributed by atoms with Gasteiger partial charge in [-0.15, -0.1) is 0 Å². The molecule has 1 atom stereocenters. The van der Waals surface area contributed by atoms with E-state index in [0.717, 1.165) is 5.69 Å². The van der Waals surface area contributed by atoms with Gasteiger partial charge in [0, 0.05) is 37.0 Å². The van der Waals surface area contributed by atoms with Gasteiger partial charge in [-0.1, -0.05) is 31.2 Å². The molecule has 1 N–H and O–H groups in total. The van der Waals surface area contributed by atoms with E-state index in [0.29, 0.717) is 31.5 Å². The van der Waals surface area contributed by atoms with Crippen molar-refractivity contribution in [3.63, 3.8) is 0 Å². The predicted octanol–water partition coefficient (Wildman–Crippen LogP) is 3.03. The molecule has 0 amide bonds. The van der Waals surface area contributed by atoms with Crippen molar-refractivity contribution < 1.29 is 13.3 Å². The number of hydrogen-bond donors (Lipinski definition) is 1. The molecule has 138 valence electrons. The van der Waals surface area contributed by atoms with E-state index in [9.17, 15) is 18.5 Å². The molecule has 3 rings (SSSR count). The molecular weight excluding hydrogens is 354 g/mol. The van der Waals surface area contributed by atoms with Crippen LogP contribution >= 0.6 is 0 Å². The van der Waals surface area contributed by atoms with Crippen LogP contribution in [0.3, 0.4) is 0 Å². The van der Waals surface area contributed by atoms with E-state index in [2.05, 4.69) is 5.32 Å². The minimum atomic E-state index is -3.77. The molecular formula is C18H21N3O4S. The molecule has 2 aromatic carbocycles. The Morgan fingerprint density at radius 1 is 1.23 bits per heavy atom. The summed E-state index contributed by atoms with van der Waals surface area (Å²) >= 11 is 0. The van der Waals surface area contributed by atoms with Gasteiger partial charge in [-0.2, -0.15) is 4.31 Å². The van der Waals surface area contributed by atoms with E-state index in [1.807, 2.05) is 37.3 Å². The fourth-order valence-electron chi connectivity index (χ4n) is 3.16. The van der Waals surface area contributed by atoms with Gasteiger partial charge in [-0.05, 0) is 30.5 Å². The van der Waals surface area contributed by atoms with Crippen molar-refractivity contribution in [2.75, 3.05) is 18.4 Å². The third kappa shape index (κ3) is 3.71. The molecule has 1 fully saturated rings. The molecule has 0 aliphatic carbocycles. The van der Waals surface area contributed by atoms with Crippen molar-refractivity contribution in [1.29, 1.82) is 0 Å². The number of nitrogens with one attached hydrogen (secondary N) is 1. The van der Waals surface area contributed by atoms with Crippen molar-refractivity contribution in [2.24, 2.45) is 0 Å². The van der Waals surface area contributed by atoms with Crippen LogP contribution in [0.5, 0.6) is 0 Å². The highest BCUT2D eigenvalue weighted by Crippen LogP contribution is 2.28. The molecule has 0 aromatic heterocycles. The van der Waals surface area contributed by atoms with Gasteiger partial charge in [0.25, 0.3) is 5.69 Å². The molecule has 8 heteroatoms. The van der Waals surface area contributed by atoms with Crippen LogP contribution in [0.4, 0.5) is 11.4 Å². The maximum atomic E-state index is 13.1. The molecule has 26 heavy (non-hydrogen) atoms. The molecule has 2 aromatic rings. The van der Waals surface area contributed by atoms with Crippen LogP contribution in [0.25, 0.3) is 0 Å². The lowest BCUT2D eigenvalue weighted by molar-refractivity contribution is -0.385. The Balaban J connectivity index is 1.83. The summed E-state index contributed by atoms with van der Waals surface area (Å²) in [5, 5.41) is 14.4. The summed E-state index contributed by atoms with van der Waals surface area (Å²) in [4.78, 5) is 10.5. The van der Waals surface area contributed by atoms with Crippen LogP contribution in [0.15, 0.2) is 53.4 Å². The van der Waals surface area contributed by atoms with Crippen molar-refractivity contribution in [3.05, 3.63) is 64.2 Å². The average Bonchev–Trinajstić information content (AvgIpc) is 3.11. The molecule has 1 aliphatic rings. The second kappa shape index (κ2) is 7.43. The first kappa shape index (κ1) is 18.3. The lowest BCUT2D eigenvalue weighted by Gasteiger charge is -2.19. The molecule has 0 saturated carbocycles. The van der Waals surface area contributed by atoms with Gasteiger partial charge in [0.15, 0.2) is 0 Å². The first-order valence-electron chi connectivity index (χ1n) is 8.51. The van der Waals surface area contributed by atoms with Gasteiger partial charge in [0.1, 0.15) is 0 Å². The summed E-state index contributed by atoms with van der Waals surface area (Å²) in [6, 6.07) is 13.7. The summed E-state index contributed by atoms with van der Waals surface area (Å²) in [5.74, 6) is 0. The lowest BCUT2D eigenvalue weighted by Crippen LogP contribution is -2.32. The highest BCUT2D eigenvalue weighted by Gasteiger charge is 2.34. The van der Waals surface area contributed by atoms with Gasteiger partial charge < -0.3 is 5.32 Å². The second-order valence-electron chi connectivity index (χ2n) is 6.26. The predicted molar refractivity (Wildman–Crippen MR) is 99.7 cm³/mol. The quantitative estimate of drug-likeness (QED) is 0.619. The maximum Gasteiger partial charge on any atom is 0.270 e. The zero-order valence-corrected chi connectivity index (χ0v) is 15.3. The molecule has 1 heterocycles. The zero-order valence-electron chi connectivity index (χ0n) is 14.5. The normalized spacial score (nSPS) is 18.0. The number of anilines is 1. The van der Waals surface area contributed by atoms with Crippen molar-refractivity contribution in [3.8, 4) is 0 Å². The Morgan fingerprint density at radius 2 is 1.96 bits per heavy atom. The number of aryl methyl sites for hydroxylation is 1. The third-order valence-electron chi connectivity index (χ3n) is 4.56. The Bertz CT molecular complexity index is 900. The summed E-state index contributed by atoms with van der Waals surface area (Å²) in [6.07, 6.45) is 1.18. The van der Waals surface area contributed by atoms with Gasteiger partial charge >= 0.3 is 0 Å². The number of nitrogens with zero attached hydrogens (tertiary/aromatic N) is 2. The number of sulfonamides is 1. The van der Waals surface area contributed by atoms with Gasteiger partial charge in [0.2, 0.25) is 10.0 Å². The van der Waals surface area contributed by atoms with Gasteiger partial charge in [-0.25, -0.2) is 8.42 Å². The SMILES string of the molecule is CCc1ccc([N+](=O)[O-])cc1S(=O)(=O)N1CCC(Nc2ccccc2)C1. The Labute approximate surface area is 152 Å². The van der Waals surface area contributed by atoms with E-state index in [1.165, 1.54) is 22.5 Å². The van der Waals surface area contributed by atoms with E-state index >= 15 is 0 Å². The van der Waals surface area contributed by atoms with Crippen molar-refractivity contribution in [2.45, 2.75) is 30.7 Å². The smallest absolute Gasteiger partial charge is 0.270 e. The largest absolute Gasteiger partial charge is 0.381 e. The highest BCUT2D eigenvalue weighted by atomic mass is 32.2. The number of non-ortho nitro benzene ring substituents is 1. The van der Waals surface area contributed by atoms with Gasteiger partial charge in [-0.3, -0.25) is 10.1 Å². The summed E-state index contributed by atoms with van der Waals surface area (Å²) < 4.78 is 27.5. The van der Waals surface area contributed by atoms with E-state index < -0.39 is 14.9 Å². The number of para-hydroxylation sites is 1. The number of nitro groups is 1. The molecule has 1 unspecified atom stereocenters. The molecule has 7 nitrogen and oxygen atoms in total. The number of rotatable bonds is 6. The minimum Gasteiger partial charge on any atom is -0.381 e. The lowest BCUT2D eigenvalue weighted by atomic mass is 10.1. The van der Waals surface area contributed by atoms with E-state index in [-0.39, 0.29) is 16.6 Å². The van der Waals surface area contributed by atoms with Crippen LogP contribution in [0, 0.1) is 10.1 Å². The van der Waals surface area contributed by atoms with Crippen LogP contribution in [-0.2, 0) is 16.4 Å². The standard InChI is InChI=1S/C18H21N3O4S/c1-2-14-8-9-17(21(22)23)12-18(14)26(24,25)20-11-10-16(13-20)19-15-6-4-3-5-7-15/h3-9,12,16,19H,2,10-11,13H2,1H3. The molecule has 1 aliphatic heterocycles. The van der Waals surface area contributed by atoms with Crippen molar-refractivity contribution in [1.82, 2.24) is 4.31 Å². The topological polar surface area (TPSA) is 92.5 Å². The summed E-state index contributed by atoms with van der Waals surface area (Å²) in [6.45, 7) is 2.56.